The number of aryl methyl sites for hydroxylation is 2. The van der Waals surface area contributed by atoms with Crippen molar-refractivity contribution in [2.45, 2.75) is 181 Å². The Bertz CT molecular complexity index is 794. The maximum Gasteiger partial charge on any atom is 0.0857 e. The SMILES string of the molecule is CCCCCCCCCCCCCCc1ccc(N=Nc2ccc(CCCCCCCCCCCCCC)cc2)cc1. The van der Waals surface area contributed by atoms with Gasteiger partial charge in [-0.2, -0.15) is 10.2 Å². The van der Waals surface area contributed by atoms with Gasteiger partial charge < -0.3 is 0 Å². The first-order valence-corrected chi connectivity index (χ1v) is 18.4. The van der Waals surface area contributed by atoms with Crippen LogP contribution in [0.1, 0.15) is 179 Å². The summed E-state index contributed by atoms with van der Waals surface area (Å²) in [6.07, 6.45) is 36.1. The number of nitrogens with zero attached hydrogens (tertiary/aromatic N) is 2. The van der Waals surface area contributed by atoms with Gasteiger partial charge in [0.1, 0.15) is 0 Å². The highest BCUT2D eigenvalue weighted by Crippen LogP contribution is 2.21. The minimum atomic E-state index is 0.939. The number of hydrogen-bond acceptors (Lipinski definition) is 2. The molecule has 42 heavy (non-hydrogen) atoms. The Morgan fingerprint density at radius 3 is 0.810 bits per heavy atom. The highest BCUT2D eigenvalue weighted by molar-refractivity contribution is 5.42. The van der Waals surface area contributed by atoms with Crippen molar-refractivity contribution in [3.63, 3.8) is 0 Å². The Balaban J connectivity index is 1.48. The van der Waals surface area contributed by atoms with Gasteiger partial charge in [-0.1, -0.05) is 179 Å². The highest BCUT2D eigenvalue weighted by Gasteiger charge is 1.99. The van der Waals surface area contributed by atoms with Gasteiger partial charge in [0, 0.05) is 0 Å². The number of hydrogen-bond donors (Lipinski definition) is 0. The van der Waals surface area contributed by atoms with Gasteiger partial charge in [0.15, 0.2) is 0 Å². The van der Waals surface area contributed by atoms with E-state index in [0.717, 1.165) is 11.4 Å². The van der Waals surface area contributed by atoms with Crippen LogP contribution in [-0.2, 0) is 12.8 Å². The van der Waals surface area contributed by atoms with Crippen LogP contribution in [0.5, 0.6) is 0 Å². The monoisotopic (exact) mass is 575 g/mol. The summed E-state index contributed by atoms with van der Waals surface area (Å²) in [6, 6.07) is 17.4. The van der Waals surface area contributed by atoms with Crippen molar-refractivity contribution >= 4 is 11.4 Å². The Morgan fingerprint density at radius 1 is 0.310 bits per heavy atom. The molecular weight excluding hydrogens is 508 g/mol. The zero-order valence-electron chi connectivity index (χ0n) is 27.9. The Morgan fingerprint density at radius 2 is 0.548 bits per heavy atom. The second-order valence-electron chi connectivity index (χ2n) is 12.8. The molecule has 2 aromatic carbocycles. The standard InChI is InChI=1S/C40H66N2/c1-3-5-7-9-11-13-15-17-19-21-23-25-27-37-29-33-39(34-30-37)41-42-40-35-31-38(32-36-40)28-26-24-22-20-18-16-14-12-10-8-6-4-2/h29-36H,3-28H2,1-2H3. The molecule has 0 atom stereocenters. The van der Waals surface area contributed by atoms with Crippen LogP contribution in [0.2, 0.25) is 0 Å². The van der Waals surface area contributed by atoms with Crippen molar-refractivity contribution in [1.82, 2.24) is 0 Å². The van der Waals surface area contributed by atoms with E-state index in [1.807, 2.05) is 0 Å². The molecule has 0 amide bonds. The summed E-state index contributed by atoms with van der Waals surface area (Å²) >= 11 is 0. The number of rotatable bonds is 28. The predicted octanol–water partition coefficient (Wildman–Crippen LogP) is 14.6. The lowest BCUT2D eigenvalue weighted by Crippen LogP contribution is -1.86. The lowest BCUT2D eigenvalue weighted by Gasteiger charge is -2.04. The predicted molar refractivity (Wildman–Crippen MR) is 187 cm³/mol. The molecule has 0 spiro atoms. The molecule has 2 heteroatoms. The van der Waals surface area contributed by atoms with Gasteiger partial charge in [0.2, 0.25) is 0 Å². The van der Waals surface area contributed by atoms with Gasteiger partial charge in [-0.15, -0.1) is 0 Å². The van der Waals surface area contributed by atoms with Crippen LogP contribution in [0.4, 0.5) is 11.4 Å². The summed E-state index contributed by atoms with van der Waals surface area (Å²) in [7, 11) is 0. The third-order valence-corrected chi connectivity index (χ3v) is 8.79. The van der Waals surface area contributed by atoms with Crippen molar-refractivity contribution in [2.75, 3.05) is 0 Å². The molecule has 0 saturated heterocycles. The molecule has 0 aliphatic rings. The van der Waals surface area contributed by atoms with Gasteiger partial charge in [0.25, 0.3) is 0 Å². The normalized spacial score (nSPS) is 11.6. The van der Waals surface area contributed by atoms with E-state index >= 15 is 0 Å². The molecule has 0 fully saturated rings. The van der Waals surface area contributed by atoms with Crippen molar-refractivity contribution in [1.29, 1.82) is 0 Å². The molecule has 0 aromatic heterocycles. The first kappa shape index (κ1) is 36.2. The van der Waals surface area contributed by atoms with Crippen LogP contribution in [0, 0.1) is 0 Å². The molecule has 2 aromatic rings. The average molecular weight is 575 g/mol. The Hall–Kier alpha value is -1.96. The molecule has 2 rings (SSSR count). The largest absolute Gasteiger partial charge is 0.151 e. The van der Waals surface area contributed by atoms with E-state index in [1.165, 1.54) is 178 Å². The lowest BCUT2D eigenvalue weighted by atomic mass is 10.0. The third-order valence-electron chi connectivity index (χ3n) is 8.79. The highest BCUT2D eigenvalue weighted by atomic mass is 15.1. The first-order valence-electron chi connectivity index (χ1n) is 18.4. The van der Waals surface area contributed by atoms with E-state index in [9.17, 15) is 0 Å². The second-order valence-corrected chi connectivity index (χ2v) is 12.8. The van der Waals surface area contributed by atoms with E-state index in [2.05, 4.69) is 72.6 Å². The van der Waals surface area contributed by atoms with Crippen molar-refractivity contribution in [3.8, 4) is 0 Å². The van der Waals surface area contributed by atoms with Crippen LogP contribution in [0.25, 0.3) is 0 Å². The molecule has 0 saturated carbocycles. The minimum absolute atomic E-state index is 0.939. The zero-order valence-corrected chi connectivity index (χ0v) is 27.9. The smallest absolute Gasteiger partial charge is 0.0857 e. The van der Waals surface area contributed by atoms with Crippen LogP contribution in [0.3, 0.4) is 0 Å². The summed E-state index contributed by atoms with van der Waals surface area (Å²) in [5.74, 6) is 0. The quantitative estimate of drug-likeness (QED) is 0.0713. The second kappa shape index (κ2) is 26.7. The maximum atomic E-state index is 4.47. The van der Waals surface area contributed by atoms with Gasteiger partial charge in [-0.3, -0.25) is 0 Å². The molecule has 0 bridgehead atoms. The van der Waals surface area contributed by atoms with Crippen molar-refractivity contribution in [3.05, 3.63) is 59.7 Å². The summed E-state index contributed by atoms with van der Waals surface area (Å²) in [5, 5.41) is 8.95. The van der Waals surface area contributed by atoms with Crippen molar-refractivity contribution < 1.29 is 0 Å². The third kappa shape index (κ3) is 20.0. The minimum Gasteiger partial charge on any atom is -0.151 e. The topological polar surface area (TPSA) is 24.7 Å². The molecule has 0 radical (unpaired) electrons. The lowest BCUT2D eigenvalue weighted by molar-refractivity contribution is 0.544. The van der Waals surface area contributed by atoms with E-state index in [1.54, 1.807) is 0 Å². The molecule has 0 heterocycles. The molecule has 0 aliphatic heterocycles. The zero-order chi connectivity index (χ0) is 29.8. The molecule has 2 nitrogen and oxygen atoms in total. The Labute approximate surface area is 261 Å². The van der Waals surface area contributed by atoms with Gasteiger partial charge in [0.05, 0.1) is 11.4 Å². The summed E-state index contributed by atoms with van der Waals surface area (Å²) in [6.45, 7) is 4.59. The van der Waals surface area contributed by atoms with E-state index in [4.69, 9.17) is 0 Å². The molecule has 236 valence electrons. The fraction of sp³-hybridized carbons (Fsp3) is 0.700. The van der Waals surface area contributed by atoms with Gasteiger partial charge in [-0.05, 0) is 61.1 Å². The summed E-state index contributed by atoms with van der Waals surface area (Å²) in [4.78, 5) is 0. The average Bonchev–Trinajstić information content (AvgIpc) is 3.02. The Kier molecular flexibility index (Phi) is 23.0. The van der Waals surface area contributed by atoms with E-state index in [0.29, 0.717) is 0 Å². The summed E-state index contributed by atoms with van der Waals surface area (Å²) in [5.41, 5.74) is 4.72. The maximum absolute atomic E-state index is 4.47. The number of benzene rings is 2. The van der Waals surface area contributed by atoms with Crippen LogP contribution >= 0.6 is 0 Å². The fourth-order valence-corrected chi connectivity index (χ4v) is 5.91. The van der Waals surface area contributed by atoms with E-state index in [-0.39, 0.29) is 0 Å². The first-order chi connectivity index (χ1) is 20.8. The number of unbranched alkanes of at least 4 members (excludes halogenated alkanes) is 22. The van der Waals surface area contributed by atoms with Gasteiger partial charge >= 0.3 is 0 Å². The molecule has 0 N–H and O–H groups in total. The molecular formula is C40H66N2. The molecule has 0 unspecified atom stereocenters. The van der Waals surface area contributed by atoms with E-state index < -0.39 is 0 Å². The number of azo groups is 1. The molecule has 0 aliphatic carbocycles. The van der Waals surface area contributed by atoms with Crippen LogP contribution in [0.15, 0.2) is 58.8 Å². The van der Waals surface area contributed by atoms with Crippen LogP contribution < -0.4 is 0 Å². The van der Waals surface area contributed by atoms with Crippen LogP contribution in [-0.4, -0.2) is 0 Å². The van der Waals surface area contributed by atoms with Gasteiger partial charge in [-0.25, -0.2) is 0 Å². The van der Waals surface area contributed by atoms with Crippen molar-refractivity contribution in [2.24, 2.45) is 10.2 Å². The summed E-state index contributed by atoms with van der Waals surface area (Å²) < 4.78 is 0. The fourth-order valence-electron chi connectivity index (χ4n) is 5.91.